The summed E-state index contributed by atoms with van der Waals surface area (Å²) in [6, 6.07) is -0.235. The molecule has 7 nitrogen and oxygen atoms in total. The molecule has 1 fully saturated rings. The number of alkyl halides is 4. The lowest BCUT2D eigenvalue weighted by molar-refractivity contribution is -0.0361. The molecule has 0 unspecified atom stereocenters. The van der Waals surface area contributed by atoms with E-state index < -0.39 is 17.5 Å². The molecule has 1 saturated carbocycles. The Morgan fingerprint density at radius 1 is 1.12 bits per heavy atom. The largest absolute Gasteiger partial charge is 0.368 e. The van der Waals surface area contributed by atoms with E-state index >= 15 is 0 Å². The summed E-state index contributed by atoms with van der Waals surface area (Å²) in [7, 11) is 0. The normalized spacial score (nSPS) is 17.9. The first-order valence-corrected chi connectivity index (χ1v) is 7.99. The molecule has 0 atom stereocenters. The van der Waals surface area contributed by atoms with Crippen LogP contribution < -0.4 is 11.1 Å². The molecule has 0 saturated heterocycles. The van der Waals surface area contributed by atoms with Gasteiger partial charge in [0.05, 0.1) is 12.4 Å². The lowest BCUT2D eigenvalue weighted by Gasteiger charge is -2.28. The summed E-state index contributed by atoms with van der Waals surface area (Å²) in [6.45, 7) is 0.703. The van der Waals surface area contributed by atoms with Gasteiger partial charge in [0.15, 0.2) is 5.82 Å². The number of halogens is 4. The zero-order valence-electron chi connectivity index (χ0n) is 13.9. The van der Waals surface area contributed by atoms with Gasteiger partial charge in [-0.1, -0.05) is 0 Å². The molecule has 0 aromatic carbocycles. The minimum Gasteiger partial charge on any atom is -0.368 e. The van der Waals surface area contributed by atoms with Gasteiger partial charge < -0.3 is 11.1 Å². The maximum atomic E-state index is 13.4. The van der Waals surface area contributed by atoms with Gasteiger partial charge in [0.25, 0.3) is 5.92 Å². The van der Waals surface area contributed by atoms with Gasteiger partial charge in [0, 0.05) is 25.8 Å². The quantitative estimate of drug-likeness (QED) is 0.797. The van der Waals surface area contributed by atoms with Gasteiger partial charge in [-0.3, -0.25) is 4.98 Å². The van der Waals surface area contributed by atoms with E-state index in [9.17, 15) is 17.6 Å². The second-order valence-electron chi connectivity index (χ2n) is 6.29. The molecule has 0 amide bonds. The molecular weight excluding hydrogens is 354 g/mol. The summed E-state index contributed by atoms with van der Waals surface area (Å²) in [5.41, 5.74) is 5.13. The lowest BCUT2D eigenvalue weighted by atomic mass is 9.92. The van der Waals surface area contributed by atoms with E-state index in [0.29, 0.717) is 6.92 Å². The average Bonchev–Trinajstić information content (AvgIpc) is 2.56. The predicted octanol–water partition coefficient (Wildman–Crippen LogP) is 3.01. The minimum atomic E-state index is -3.17. The second kappa shape index (κ2) is 6.61. The van der Waals surface area contributed by atoms with Crippen LogP contribution in [0.15, 0.2) is 12.4 Å². The summed E-state index contributed by atoms with van der Waals surface area (Å²) in [4.78, 5) is 19.5. The zero-order valence-corrected chi connectivity index (χ0v) is 13.9. The third kappa shape index (κ3) is 4.33. The zero-order chi connectivity index (χ0) is 18.9. The van der Waals surface area contributed by atoms with Gasteiger partial charge in [-0.15, -0.1) is 0 Å². The Morgan fingerprint density at radius 3 is 2.46 bits per heavy atom. The predicted molar refractivity (Wildman–Crippen MR) is 85.7 cm³/mol. The third-order valence-electron chi connectivity index (χ3n) is 4.02. The number of nitrogen functional groups attached to an aromatic ring is 1. The highest BCUT2D eigenvalue weighted by molar-refractivity contribution is 5.52. The molecule has 2 aromatic rings. The van der Waals surface area contributed by atoms with E-state index in [4.69, 9.17) is 5.73 Å². The van der Waals surface area contributed by atoms with Crippen LogP contribution in [0.1, 0.15) is 38.3 Å². The van der Waals surface area contributed by atoms with Crippen molar-refractivity contribution in [3.8, 4) is 11.5 Å². The van der Waals surface area contributed by atoms with Crippen LogP contribution in [0.3, 0.4) is 0 Å². The van der Waals surface area contributed by atoms with E-state index in [2.05, 4.69) is 30.2 Å². The maximum absolute atomic E-state index is 13.4. The van der Waals surface area contributed by atoms with Gasteiger partial charge in [-0.25, -0.2) is 13.8 Å². The van der Waals surface area contributed by atoms with Crippen LogP contribution in [0.2, 0.25) is 0 Å². The van der Waals surface area contributed by atoms with Crippen molar-refractivity contribution in [1.82, 2.24) is 24.9 Å². The van der Waals surface area contributed by atoms with Crippen molar-refractivity contribution in [2.24, 2.45) is 0 Å². The van der Waals surface area contributed by atoms with Crippen LogP contribution in [0.4, 0.5) is 29.5 Å². The molecule has 3 N–H and O–H groups in total. The summed E-state index contributed by atoms with van der Waals surface area (Å²) < 4.78 is 53.3. The van der Waals surface area contributed by atoms with Crippen molar-refractivity contribution < 1.29 is 17.6 Å². The number of nitrogens with two attached hydrogens (primary N) is 1. The van der Waals surface area contributed by atoms with E-state index in [1.807, 2.05) is 0 Å². The van der Waals surface area contributed by atoms with Crippen LogP contribution >= 0.6 is 0 Å². The molecule has 1 aliphatic rings. The topological polar surface area (TPSA) is 102 Å². The van der Waals surface area contributed by atoms with E-state index in [1.54, 1.807) is 0 Å². The maximum Gasteiger partial charge on any atom is 0.288 e. The summed E-state index contributed by atoms with van der Waals surface area (Å²) in [5.74, 6) is -5.91. The fourth-order valence-corrected chi connectivity index (χ4v) is 2.62. The highest BCUT2D eigenvalue weighted by Gasteiger charge is 2.35. The smallest absolute Gasteiger partial charge is 0.288 e. The van der Waals surface area contributed by atoms with Crippen LogP contribution in [-0.2, 0) is 5.92 Å². The van der Waals surface area contributed by atoms with Gasteiger partial charge in [0.2, 0.25) is 17.8 Å². The van der Waals surface area contributed by atoms with Gasteiger partial charge in [0.1, 0.15) is 11.4 Å². The van der Waals surface area contributed by atoms with Gasteiger partial charge in [-0.2, -0.15) is 23.7 Å². The number of hydrogen-bond donors (Lipinski definition) is 2. The Hall–Kier alpha value is -2.59. The van der Waals surface area contributed by atoms with Crippen LogP contribution in [0, 0.1) is 0 Å². The molecule has 3 rings (SSSR count). The lowest BCUT2D eigenvalue weighted by Crippen LogP contribution is -2.32. The van der Waals surface area contributed by atoms with Crippen molar-refractivity contribution in [1.29, 1.82) is 0 Å². The Morgan fingerprint density at radius 2 is 1.81 bits per heavy atom. The molecular formula is C15H17F4N7. The monoisotopic (exact) mass is 371 g/mol. The van der Waals surface area contributed by atoms with Crippen molar-refractivity contribution in [3.05, 3.63) is 18.1 Å². The highest BCUT2D eigenvalue weighted by Crippen LogP contribution is 2.34. The number of nitrogens with zero attached hydrogens (tertiary/aromatic N) is 5. The number of rotatable bonds is 4. The Labute approximate surface area is 146 Å². The first-order chi connectivity index (χ1) is 12.1. The van der Waals surface area contributed by atoms with Crippen LogP contribution in [-0.4, -0.2) is 36.9 Å². The Kier molecular flexibility index (Phi) is 4.63. The molecule has 26 heavy (non-hydrogen) atoms. The average molecular weight is 371 g/mol. The van der Waals surface area contributed by atoms with Crippen molar-refractivity contribution >= 4 is 11.9 Å². The molecule has 140 valence electrons. The number of aromatic nitrogens is 5. The molecule has 0 aliphatic heterocycles. The molecule has 0 radical (unpaired) electrons. The van der Waals surface area contributed by atoms with Crippen molar-refractivity contribution in [2.75, 3.05) is 11.1 Å². The van der Waals surface area contributed by atoms with E-state index in [-0.39, 0.29) is 55.1 Å². The van der Waals surface area contributed by atoms with Crippen molar-refractivity contribution in [3.63, 3.8) is 0 Å². The standard InChI is InChI=1S/C15H17F4N7/c1-14(16,17)10-7-21-6-9(23-10)11-24-12(20)26-13(25-11)22-8-2-4-15(18,19)5-3-8/h6-8H,2-5H2,1H3,(H3,20,22,24,25,26). The SMILES string of the molecule is CC(F)(F)c1cncc(-c2nc(N)nc(NC3CCC(F)(F)CC3)n2)n1. The number of nitrogens with one attached hydrogen (secondary N) is 1. The van der Waals surface area contributed by atoms with E-state index in [0.717, 1.165) is 6.20 Å². The molecule has 0 spiro atoms. The number of hydrogen-bond acceptors (Lipinski definition) is 7. The molecule has 2 aromatic heterocycles. The van der Waals surface area contributed by atoms with Crippen LogP contribution in [0.5, 0.6) is 0 Å². The fourth-order valence-electron chi connectivity index (χ4n) is 2.62. The van der Waals surface area contributed by atoms with Crippen molar-refractivity contribution in [2.45, 2.75) is 50.5 Å². The first kappa shape index (κ1) is 18.2. The van der Waals surface area contributed by atoms with E-state index in [1.165, 1.54) is 6.20 Å². The van der Waals surface area contributed by atoms with Gasteiger partial charge >= 0.3 is 0 Å². The second-order valence-corrected chi connectivity index (χ2v) is 6.29. The Bertz CT molecular complexity index is 784. The summed E-state index contributed by atoms with van der Waals surface area (Å²) in [6.07, 6.45) is 2.25. The summed E-state index contributed by atoms with van der Waals surface area (Å²) >= 11 is 0. The molecule has 0 bridgehead atoms. The third-order valence-corrected chi connectivity index (χ3v) is 4.02. The number of anilines is 2. The Balaban J connectivity index is 1.82. The highest BCUT2D eigenvalue weighted by atomic mass is 19.3. The minimum absolute atomic E-state index is 0.0105. The van der Waals surface area contributed by atoms with Gasteiger partial charge in [-0.05, 0) is 12.8 Å². The van der Waals surface area contributed by atoms with Crippen LogP contribution in [0.25, 0.3) is 11.5 Å². The molecule has 1 aliphatic carbocycles. The summed E-state index contributed by atoms with van der Waals surface area (Å²) in [5, 5.41) is 2.94. The molecule has 2 heterocycles. The fraction of sp³-hybridized carbons (Fsp3) is 0.533. The molecule has 11 heteroatoms. The first-order valence-electron chi connectivity index (χ1n) is 7.99.